The third kappa shape index (κ3) is 27.5. The van der Waals surface area contributed by atoms with E-state index in [1.807, 2.05) is 43.7 Å². The molecule has 567 valence electrons. The molecule has 0 fully saturated rings. The summed E-state index contributed by atoms with van der Waals surface area (Å²) >= 11 is -0.691. The Kier molecular flexibility index (Phi) is 49.0. The van der Waals surface area contributed by atoms with E-state index in [2.05, 4.69) is 291 Å². The fourth-order valence-corrected chi connectivity index (χ4v) is 19.7. The van der Waals surface area contributed by atoms with E-state index in [1.165, 1.54) is 63.7 Å². The summed E-state index contributed by atoms with van der Waals surface area (Å²) in [7, 11) is 21.1. The maximum Gasteiger partial charge on any atom is 0.231 e. The van der Waals surface area contributed by atoms with Crippen LogP contribution >= 0.6 is 82.9 Å². The summed E-state index contributed by atoms with van der Waals surface area (Å²) in [6, 6.07) is 110. The second-order valence-electron chi connectivity index (χ2n) is 20.9. The van der Waals surface area contributed by atoms with Crippen molar-refractivity contribution in [3.8, 4) is 46.0 Å². The summed E-state index contributed by atoms with van der Waals surface area (Å²) in [5, 5.41) is 17.8. The third-order valence-corrected chi connectivity index (χ3v) is 24.3. The summed E-state index contributed by atoms with van der Waals surface area (Å²) in [6.07, 6.45) is 0. The summed E-state index contributed by atoms with van der Waals surface area (Å²) in [6.45, 7) is 1.25. The van der Waals surface area contributed by atoms with Crippen LogP contribution in [0.25, 0.3) is 0 Å². The van der Waals surface area contributed by atoms with Crippen molar-refractivity contribution in [2.45, 2.75) is 0 Å². The maximum atomic E-state index is 5.55. The molecule has 12 aromatic carbocycles. The van der Waals surface area contributed by atoms with Gasteiger partial charge in [-0.25, -0.2) is 0 Å². The van der Waals surface area contributed by atoms with Crippen molar-refractivity contribution in [1.82, 2.24) is 0 Å². The predicted octanol–water partition coefficient (Wildman–Crippen LogP) is 18.5. The summed E-state index contributed by atoms with van der Waals surface area (Å²) in [5.41, 5.74) is 0. The Labute approximate surface area is 676 Å². The molecular formula is C86H92Cl5NO8P4Ru2-7. The van der Waals surface area contributed by atoms with Gasteiger partial charge in [-0.1, -0.05) is 243 Å². The number of hydrogen-bond donors (Lipinski definition) is 1. The Balaban J connectivity index is 0.000000662. The van der Waals surface area contributed by atoms with Crippen LogP contribution in [0.15, 0.2) is 315 Å². The van der Waals surface area contributed by atoms with Crippen molar-refractivity contribution >= 4 is 147 Å². The molecule has 0 atom stereocenters. The molecule has 0 aromatic heterocycles. The molecule has 0 unspecified atom stereocenters. The average molecular weight is 1770 g/mol. The topological polar surface area (TPSA) is 90.5 Å². The third-order valence-electron chi connectivity index (χ3n) is 14.6. The van der Waals surface area contributed by atoms with Gasteiger partial charge in [0.25, 0.3) is 0 Å². The van der Waals surface area contributed by atoms with Gasteiger partial charge in [0.2, 0.25) is 27.2 Å². The van der Waals surface area contributed by atoms with Crippen molar-refractivity contribution in [1.29, 1.82) is 0 Å². The molecule has 0 amide bonds. The van der Waals surface area contributed by atoms with E-state index in [0.29, 0.717) is 27.2 Å². The van der Waals surface area contributed by atoms with Gasteiger partial charge in [-0.05, 0) is 168 Å². The number of quaternary nitrogens is 1. The number of fused-ring (bicyclic) bond motifs is 4. The Morgan fingerprint density at radius 2 is 0.340 bits per heavy atom. The van der Waals surface area contributed by atoms with Crippen LogP contribution in [0.3, 0.4) is 0 Å². The van der Waals surface area contributed by atoms with Crippen molar-refractivity contribution in [3.05, 3.63) is 375 Å². The first-order valence-corrected chi connectivity index (χ1v) is 44.9. The number of rotatable bonds is 12. The molecule has 1 radical (unpaired) electrons. The van der Waals surface area contributed by atoms with Crippen LogP contribution < -0.4 is 107 Å². The molecule has 4 heterocycles. The summed E-state index contributed by atoms with van der Waals surface area (Å²) in [5.74, 6) is 6.71. The van der Waals surface area contributed by atoms with Gasteiger partial charge in [-0.15, -0.1) is 0 Å². The SMILES string of the molecule is C[NH2+]C.[CH3-].[CH3-].[CH3-].[CH3-].[CH3-].[CH3-].[CH3-].[CH3-].[Cl].[Cl][Ru][Cl].[Cl][Ru][Cl].c1ccc(P(c2ccccc2)c2ccc3c(c2)OCO3)cc1.c1ccc(P(c2ccccc2)c2ccc3c(c2)OCO3)cc1.c1ccc(P(c2ccccc2)c2ccc3c(c2)OCO3)cc1.c1ccc(P(c2ccccc2)c2ccc3c(c2)OCO3)cc1. The molecule has 0 saturated carbocycles. The first kappa shape index (κ1) is 97.4. The van der Waals surface area contributed by atoms with E-state index in [0.717, 1.165) is 46.0 Å². The van der Waals surface area contributed by atoms with Gasteiger partial charge >= 0.3 is 69.1 Å². The van der Waals surface area contributed by atoms with Crippen molar-refractivity contribution < 1.29 is 73.5 Å². The van der Waals surface area contributed by atoms with Crippen LogP contribution in [0.4, 0.5) is 0 Å². The van der Waals surface area contributed by atoms with E-state index < -0.39 is 31.7 Å². The fourth-order valence-electron chi connectivity index (χ4n) is 10.5. The van der Waals surface area contributed by atoms with Crippen LogP contribution in [0.2, 0.25) is 0 Å². The molecule has 9 nitrogen and oxygen atoms in total. The molecule has 0 spiro atoms. The van der Waals surface area contributed by atoms with E-state index in [-0.39, 0.29) is 102 Å². The fraction of sp³-hybridized carbons (Fsp3) is 0.0698. The van der Waals surface area contributed by atoms with Crippen molar-refractivity contribution in [3.63, 3.8) is 0 Å². The van der Waals surface area contributed by atoms with Gasteiger partial charge in [0, 0.05) is 12.4 Å². The molecule has 20 heteroatoms. The van der Waals surface area contributed by atoms with Crippen LogP contribution in [-0.4, -0.2) is 41.3 Å². The minimum absolute atomic E-state index is 0. The molecule has 4 aliphatic rings. The molecule has 16 rings (SSSR count). The molecule has 2 N–H and O–H groups in total. The van der Waals surface area contributed by atoms with Gasteiger partial charge < -0.3 is 103 Å². The minimum Gasteiger partial charge on any atom is -0.454 e. The first-order valence-electron chi connectivity index (χ1n) is 30.6. The zero-order valence-electron chi connectivity index (χ0n) is 61.1. The van der Waals surface area contributed by atoms with Gasteiger partial charge in [0.05, 0.1) is 14.1 Å². The molecule has 0 saturated heterocycles. The van der Waals surface area contributed by atoms with Crippen LogP contribution in [0, 0.1) is 59.4 Å². The second-order valence-corrected chi connectivity index (χ2v) is 35.0. The smallest absolute Gasteiger partial charge is 0.231 e. The number of halogens is 5. The quantitative estimate of drug-likeness (QED) is 0.0735. The Bertz CT molecular complexity index is 3580. The molecular weight excluding hydrogens is 1680 g/mol. The zero-order valence-corrected chi connectivity index (χ0v) is 71.9. The van der Waals surface area contributed by atoms with E-state index in [4.69, 9.17) is 76.7 Å². The van der Waals surface area contributed by atoms with E-state index in [1.54, 1.807) is 0 Å². The Morgan fingerprint density at radius 1 is 0.217 bits per heavy atom. The summed E-state index contributed by atoms with van der Waals surface area (Å²) < 4.78 is 43.9. The average Bonchev–Trinajstić information content (AvgIpc) is 1.39. The van der Waals surface area contributed by atoms with Crippen molar-refractivity contribution in [2.24, 2.45) is 0 Å². The van der Waals surface area contributed by atoms with E-state index >= 15 is 0 Å². The molecule has 0 aliphatic carbocycles. The summed E-state index contributed by atoms with van der Waals surface area (Å²) in [4.78, 5) is 0. The van der Waals surface area contributed by atoms with Crippen LogP contribution in [0.1, 0.15) is 0 Å². The Morgan fingerprint density at radius 3 is 0.472 bits per heavy atom. The number of ether oxygens (including phenoxy) is 8. The number of benzene rings is 12. The van der Waals surface area contributed by atoms with Crippen molar-refractivity contribution in [2.75, 3.05) is 41.3 Å². The Hall–Kier alpha value is -6.58. The normalized spacial score (nSPS) is 11.0. The van der Waals surface area contributed by atoms with Crippen LogP contribution in [0.5, 0.6) is 46.0 Å². The van der Waals surface area contributed by atoms with Crippen LogP contribution in [-0.2, 0) is 30.3 Å². The predicted molar refractivity (Wildman–Crippen MR) is 459 cm³/mol. The minimum atomic E-state index is -0.588. The molecule has 4 aliphatic heterocycles. The second kappa shape index (κ2) is 53.3. The van der Waals surface area contributed by atoms with E-state index in [9.17, 15) is 0 Å². The van der Waals surface area contributed by atoms with Gasteiger partial charge in [-0.2, -0.15) is 0 Å². The monoisotopic (exact) mass is 1770 g/mol. The largest absolute Gasteiger partial charge is 0.454 e. The maximum absolute atomic E-state index is 5.55. The van der Waals surface area contributed by atoms with Gasteiger partial charge in [0.15, 0.2) is 46.0 Å². The number of hydrogen-bond acceptors (Lipinski definition) is 8. The van der Waals surface area contributed by atoms with Gasteiger partial charge in [0.1, 0.15) is 0 Å². The molecule has 12 aromatic rings. The number of nitrogens with two attached hydrogens (primary N) is 1. The molecule has 106 heavy (non-hydrogen) atoms. The standard InChI is InChI=1S/4C19H15O2P.C2H7N.8CH3.4ClH.Cl.2Ru/c4*1-3-7-15(8-4-1)22(16-9-5-2-6-10-16)17-11-12-18-19(13-17)21-14-20-18;1-3-2;;;;;;;;;;;;;;;/h4*1-13H,14H2;3H,1-2H3;8*1H3;4*1H;;;/q;;;;;8*-1;;;;;;2*+2/p-3. The van der Waals surface area contributed by atoms with Gasteiger partial charge in [-0.3, -0.25) is 0 Å². The molecule has 0 bridgehead atoms. The first-order chi connectivity index (χ1) is 47.9. The zero-order chi connectivity index (χ0) is 67.2.